The molecular weight excluding hydrogens is 188 g/mol. The van der Waals surface area contributed by atoms with E-state index in [1.807, 2.05) is 0 Å². The molecule has 1 aliphatic rings. The molecule has 13 heavy (non-hydrogen) atoms. The number of azide groups is 1. The predicted octanol–water partition coefficient (Wildman–Crippen LogP) is 2.08. The number of carbonyl (C=O) groups is 1. The lowest BCUT2D eigenvalue weighted by Crippen LogP contribution is -1.95. The summed E-state index contributed by atoms with van der Waals surface area (Å²) in [5.74, 6) is -0.206. The summed E-state index contributed by atoms with van der Waals surface area (Å²) >= 11 is 1.53. The Morgan fingerprint density at radius 2 is 2.69 bits per heavy atom. The van der Waals surface area contributed by atoms with Crippen LogP contribution in [0.2, 0.25) is 0 Å². The van der Waals surface area contributed by atoms with E-state index >= 15 is 0 Å². The molecule has 6 heteroatoms. The van der Waals surface area contributed by atoms with E-state index in [1.54, 1.807) is 11.7 Å². The van der Waals surface area contributed by atoms with Crippen LogP contribution in [-0.4, -0.2) is 10.9 Å². The largest absolute Gasteiger partial charge is 0.292 e. The van der Waals surface area contributed by atoms with Crippen LogP contribution < -0.4 is 0 Å². The minimum Gasteiger partial charge on any atom is -0.292 e. The summed E-state index contributed by atoms with van der Waals surface area (Å²) in [4.78, 5) is 18.6. The smallest absolute Gasteiger partial charge is 0.222 e. The van der Waals surface area contributed by atoms with Crippen molar-refractivity contribution in [2.45, 2.75) is 12.3 Å². The molecule has 1 heterocycles. The molecule has 1 saturated carbocycles. The minimum absolute atomic E-state index is 0.101. The molecule has 1 amide bonds. The van der Waals surface area contributed by atoms with Crippen molar-refractivity contribution < 1.29 is 4.79 Å². The number of hydrogen-bond acceptors (Lipinski definition) is 3. The Morgan fingerprint density at radius 3 is 3.31 bits per heavy atom. The van der Waals surface area contributed by atoms with Gasteiger partial charge in [0.25, 0.3) is 0 Å². The summed E-state index contributed by atoms with van der Waals surface area (Å²) in [7, 11) is 0. The molecule has 0 bridgehead atoms. The monoisotopic (exact) mass is 194 g/mol. The average molecular weight is 194 g/mol. The highest BCUT2D eigenvalue weighted by atomic mass is 32.1. The van der Waals surface area contributed by atoms with Gasteiger partial charge in [-0.15, -0.1) is 11.3 Å². The lowest BCUT2D eigenvalue weighted by Gasteiger charge is -1.88. The van der Waals surface area contributed by atoms with Crippen LogP contribution in [0.4, 0.5) is 0 Å². The van der Waals surface area contributed by atoms with E-state index in [4.69, 9.17) is 5.53 Å². The van der Waals surface area contributed by atoms with Crippen LogP contribution in [-0.2, 0) is 4.79 Å². The molecule has 0 saturated heterocycles. The third-order valence-electron chi connectivity index (χ3n) is 2.07. The summed E-state index contributed by atoms with van der Waals surface area (Å²) in [6.45, 7) is 0. The zero-order chi connectivity index (χ0) is 9.26. The van der Waals surface area contributed by atoms with Gasteiger partial charge in [0.05, 0.1) is 5.51 Å². The van der Waals surface area contributed by atoms with Gasteiger partial charge in [0.15, 0.2) is 0 Å². The SMILES string of the molecule is [N-]=[N+]=NC(=O)C1CC1c1cncs1. The van der Waals surface area contributed by atoms with E-state index in [2.05, 4.69) is 15.0 Å². The average Bonchev–Trinajstić information content (AvgIpc) is 2.74. The van der Waals surface area contributed by atoms with Gasteiger partial charge in [-0.2, -0.15) is 0 Å². The first-order chi connectivity index (χ1) is 6.33. The van der Waals surface area contributed by atoms with Crippen molar-refractivity contribution >= 4 is 17.2 Å². The molecular formula is C7H6N4OS. The van der Waals surface area contributed by atoms with Crippen molar-refractivity contribution in [3.63, 3.8) is 0 Å². The van der Waals surface area contributed by atoms with Gasteiger partial charge in [-0.1, -0.05) is 0 Å². The summed E-state index contributed by atoms with van der Waals surface area (Å²) in [5, 5.41) is 3.07. The Bertz CT molecular complexity index is 368. The fourth-order valence-corrected chi connectivity index (χ4v) is 2.11. The first-order valence-corrected chi connectivity index (χ1v) is 4.68. The second-order valence-electron chi connectivity index (χ2n) is 2.88. The van der Waals surface area contributed by atoms with Crippen molar-refractivity contribution in [1.82, 2.24) is 4.98 Å². The molecule has 0 aliphatic heterocycles. The molecule has 0 aromatic carbocycles. The number of aromatic nitrogens is 1. The number of thiazole rings is 1. The van der Waals surface area contributed by atoms with Crippen LogP contribution in [0, 0.1) is 5.92 Å². The first-order valence-electron chi connectivity index (χ1n) is 3.80. The third-order valence-corrected chi connectivity index (χ3v) is 2.98. The first kappa shape index (κ1) is 8.22. The van der Waals surface area contributed by atoms with Crippen LogP contribution >= 0.6 is 11.3 Å². The van der Waals surface area contributed by atoms with Crippen molar-refractivity contribution in [2.75, 3.05) is 0 Å². The highest BCUT2D eigenvalue weighted by Crippen LogP contribution is 2.49. The molecule has 5 nitrogen and oxygen atoms in total. The number of hydrogen-bond donors (Lipinski definition) is 0. The van der Waals surface area contributed by atoms with Crippen LogP contribution in [0.3, 0.4) is 0 Å². The highest BCUT2D eigenvalue weighted by Gasteiger charge is 2.44. The molecule has 1 aliphatic carbocycles. The van der Waals surface area contributed by atoms with Gasteiger partial charge in [0.1, 0.15) is 0 Å². The molecule has 0 spiro atoms. The Hall–Kier alpha value is -1.39. The number of rotatable bonds is 2. The standard InChI is InChI=1S/C7H6N4OS/c8-11-10-7(12)5-1-4(5)6-2-9-3-13-6/h2-5H,1H2. The lowest BCUT2D eigenvalue weighted by molar-refractivity contribution is -0.119. The highest BCUT2D eigenvalue weighted by molar-refractivity contribution is 7.09. The topological polar surface area (TPSA) is 78.7 Å². The maximum atomic E-state index is 11.1. The minimum atomic E-state index is -0.346. The Morgan fingerprint density at radius 1 is 1.85 bits per heavy atom. The van der Waals surface area contributed by atoms with Gasteiger partial charge < -0.3 is 0 Å². The maximum Gasteiger partial charge on any atom is 0.222 e. The Labute approximate surface area is 78.0 Å². The fourth-order valence-electron chi connectivity index (χ4n) is 1.31. The molecule has 1 aromatic heterocycles. The second kappa shape index (κ2) is 3.16. The van der Waals surface area contributed by atoms with Crippen LogP contribution in [0.5, 0.6) is 0 Å². The van der Waals surface area contributed by atoms with Crippen molar-refractivity contribution in [1.29, 1.82) is 0 Å². The maximum absolute atomic E-state index is 11.1. The van der Waals surface area contributed by atoms with E-state index < -0.39 is 0 Å². The molecule has 1 fully saturated rings. The zero-order valence-electron chi connectivity index (χ0n) is 6.62. The third kappa shape index (κ3) is 1.54. The number of carbonyl (C=O) groups excluding carboxylic acids is 1. The molecule has 66 valence electrons. The normalized spacial score (nSPS) is 24.9. The summed E-state index contributed by atoms with van der Waals surface area (Å²) in [5.41, 5.74) is 9.80. The number of nitrogens with zero attached hydrogens (tertiary/aromatic N) is 4. The van der Waals surface area contributed by atoms with E-state index in [0.29, 0.717) is 0 Å². The molecule has 1 aromatic rings. The van der Waals surface area contributed by atoms with Gasteiger partial charge >= 0.3 is 0 Å². The van der Waals surface area contributed by atoms with Gasteiger partial charge in [-0.25, -0.2) is 0 Å². The number of amides is 1. The predicted molar refractivity (Wildman–Crippen MR) is 47.1 cm³/mol. The van der Waals surface area contributed by atoms with Gasteiger partial charge in [-0.3, -0.25) is 9.78 Å². The molecule has 0 radical (unpaired) electrons. The fraction of sp³-hybridized carbons (Fsp3) is 0.429. The second-order valence-corrected chi connectivity index (χ2v) is 3.80. The molecule has 0 N–H and O–H groups in total. The van der Waals surface area contributed by atoms with E-state index in [0.717, 1.165) is 11.3 Å². The van der Waals surface area contributed by atoms with Gasteiger partial charge in [0.2, 0.25) is 5.91 Å². The molecule has 2 unspecified atom stereocenters. The summed E-state index contributed by atoms with van der Waals surface area (Å²) < 4.78 is 0. The van der Waals surface area contributed by atoms with Crippen molar-refractivity contribution in [3.05, 3.63) is 27.0 Å². The van der Waals surface area contributed by atoms with Crippen molar-refractivity contribution in [3.8, 4) is 0 Å². The zero-order valence-corrected chi connectivity index (χ0v) is 7.44. The van der Waals surface area contributed by atoms with Gasteiger partial charge in [-0.05, 0) is 17.1 Å². The quantitative estimate of drug-likeness (QED) is 0.410. The van der Waals surface area contributed by atoms with E-state index in [1.165, 1.54) is 11.3 Å². The molecule has 2 atom stereocenters. The van der Waals surface area contributed by atoms with Gasteiger partial charge in [0, 0.05) is 27.8 Å². The van der Waals surface area contributed by atoms with E-state index in [9.17, 15) is 4.79 Å². The summed E-state index contributed by atoms with van der Waals surface area (Å²) in [6, 6.07) is 0. The Kier molecular flexibility index (Phi) is 2.00. The van der Waals surface area contributed by atoms with E-state index in [-0.39, 0.29) is 17.7 Å². The Balaban J connectivity index is 2.04. The van der Waals surface area contributed by atoms with Crippen LogP contribution in [0.15, 0.2) is 16.8 Å². The lowest BCUT2D eigenvalue weighted by atomic mass is 10.3. The molecule has 2 rings (SSSR count). The van der Waals surface area contributed by atoms with Crippen molar-refractivity contribution in [2.24, 2.45) is 11.0 Å². The van der Waals surface area contributed by atoms with Crippen LogP contribution in [0.25, 0.3) is 10.4 Å². The van der Waals surface area contributed by atoms with Crippen LogP contribution in [0.1, 0.15) is 17.2 Å². The summed E-state index contributed by atoms with van der Waals surface area (Å²) in [6.07, 6.45) is 2.55.